The van der Waals surface area contributed by atoms with E-state index in [1.807, 2.05) is 5.43 Å². The van der Waals surface area contributed by atoms with Crippen molar-refractivity contribution in [3.63, 3.8) is 0 Å². The first-order valence-corrected chi connectivity index (χ1v) is 7.23. The van der Waals surface area contributed by atoms with Gasteiger partial charge in [-0.05, 0) is 26.8 Å². The maximum atomic E-state index is 11.3. The molecule has 1 heterocycles. The highest BCUT2D eigenvalue weighted by molar-refractivity contribution is 5.91. The second-order valence-electron chi connectivity index (χ2n) is 5.18. The number of nitrogen functional groups attached to an aromatic ring is 1. The minimum atomic E-state index is -0.417. The van der Waals surface area contributed by atoms with Crippen molar-refractivity contribution < 1.29 is 4.79 Å². The molecule has 7 nitrogen and oxygen atoms in total. The zero-order valence-electron chi connectivity index (χ0n) is 12.7. The molecule has 1 rings (SSSR count). The van der Waals surface area contributed by atoms with E-state index in [2.05, 4.69) is 36.0 Å². The van der Waals surface area contributed by atoms with Gasteiger partial charge in [0.25, 0.3) is 5.91 Å². The van der Waals surface area contributed by atoms with Crippen LogP contribution in [0.5, 0.6) is 0 Å². The molecule has 1 amide bonds. The topological polar surface area (TPSA) is 89.1 Å². The van der Waals surface area contributed by atoms with Crippen LogP contribution in [0.3, 0.4) is 0 Å². The largest absolute Gasteiger partial charge is 0.299 e. The molecule has 0 aliphatic heterocycles. The monoisotopic (exact) mass is 282 g/mol. The molecule has 0 spiro atoms. The summed E-state index contributed by atoms with van der Waals surface area (Å²) in [5, 5.41) is 7.72. The van der Waals surface area contributed by atoms with E-state index in [0.717, 1.165) is 19.6 Å². The molecular formula is C13H26N6O. The third-order valence-electron chi connectivity index (χ3n) is 3.30. The molecule has 0 unspecified atom stereocenters. The number of nitrogens with zero attached hydrogens (tertiary/aromatic N) is 4. The number of nitrogens with one attached hydrogen (secondary N) is 1. The lowest BCUT2D eigenvalue weighted by Crippen LogP contribution is -2.34. The molecule has 0 saturated heterocycles. The third kappa shape index (κ3) is 5.26. The lowest BCUT2D eigenvalue weighted by Gasteiger charge is -2.26. The summed E-state index contributed by atoms with van der Waals surface area (Å²) in [4.78, 5) is 13.7. The fourth-order valence-electron chi connectivity index (χ4n) is 2.01. The molecule has 0 aliphatic carbocycles. The van der Waals surface area contributed by atoms with Crippen molar-refractivity contribution in [2.45, 2.75) is 52.6 Å². The molecule has 0 atom stereocenters. The minimum Gasteiger partial charge on any atom is -0.299 e. The van der Waals surface area contributed by atoms with Crippen LogP contribution < -0.4 is 11.3 Å². The van der Waals surface area contributed by atoms with E-state index in [0.29, 0.717) is 6.04 Å². The quantitative estimate of drug-likeness (QED) is 0.302. The summed E-state index contributed by atoms with van der Waals surface area (Å²) in [5.74, 6) is 4.64. The Kier molecular flexibility index (Phi) is 7.17. The van der Waals surface area contributed by atoms with E-state index in [4.69, 9.17) is 5.84 Å². The van der Waals surface area contributed by atoms with Gasteiger partial charge in [-0.15, -0.1) is 5.10 Å². The Hall–Kier alpha value is -1.47. The molecule has 0 radical (unpaired) electrons. The number of hydrazine groups is 1. The van der Waals surface area contributed by atoms with E-state index in [1.54, 1.807) is 10.9 Å². The lowest BCUT2D eigenvalue weighted by atomic mass is 10.2. The van der Waals surface area contributed by atoms with Gasteiger partial charge in [0.15, 0.2) is 5.69 Å². The van der Waals surface area contributed by atoms with Gasteiger partial charge in [-0.2, -0.15) is 0 Å². The number of rotatable bonds is 9. The highest BCUT2D eigenvalue weighted by atomic mass is 16.2. The van der Waals surface area contributed by atoms with Crippen molar-refractivity contribution in [3.8, 4) is 0 Å². The van der Waals surface area contributed by atoms with Crippen LogP contribution in [0.15, 0.2) is 6.20 Å². The summed E-state index contributed by atoms with van der Waals surface area (Å²) in [7, 11) is 0. The predicted molar refractivity (Wildman–Crippen MR) is 77.9 cm³/mol. The Bertz CT molecular complexity index is 403. The van der Waals surface area contributed by atoms with Crippen molar-refractivity contribution >= 4 is 5.91 Å². The van der Waals surface area contributed by atoms with Gasteiger partial charge in [0.2, 0.25) is 0 Å². The minimum absolute atomic E-state index is 0.245. The Morgan fingerprint density at radius 1 is 1.45 bits per heavy atom. The van der Waals surface area contributed by atoms with Crippen LogP contribution >= 0.6 is 0 Å². The third-order valence-corrected chi connectivity index (χ3v) is 3.30. The van der Waals surface area contributed by atoms with Crippen LogP contribution in [0, 0.1) is 0 Å². The Balaban J connectivity index is 2.46. The van der Waals surface area contributed by atoms with Gasteiger partial charge in [-0.25, -0.2) is 5.84 Å². The van der Waals surface area contributed by atoms with Crippen molar-refractivity contribution in [2.75, 3.05) is 13.1 Å². The number of carbonyl (C=O) groups is 1. The van der Waals surface area contributed by atoms with Crippen molar-refractivity contribution in [3.05, 3.63) is 11.9 Å². The second-order valence-corrected chi connectivity index (χ2v) is 5.18. The Morgan fingerprint density at radius 3 is 2.80 bits per heavy atom. The highest BCUT2D eigenvalue weighted by Crippen LogP contribution is 2.04. The molecule has 0 saturated carbocycles. The zero-order valence-corrected chi connectivity index (χ0v) is 12.7. The SMILES string of the molecule is CCCCCN(CCn1cc(C(=O)NN)nn1)C(C)C. The summed E-state index contributed by atoms with van der Waals surface area (Å²) < 4.78 is 1.68. The molecule has 1 aromatic heterocycles. The molecule has 3 N–H and O–H groups in total. The lowest BCUT2D eigenvalue weighted by molar-refractivity contribution is 0.0948. The van der Waals surface area contributed by atoms with Crippen molar-refractivity contribution in [2.24, 2.45) is 5.84 Å². The molecular weight excluding hydrogens is 256 g/mol. The van der Waals surface area contributed by atoms with Crippen molar-refractivity contribution in [1.29, 1.82) is 0 Å². The predicted octanol–water partition coefficient (Wildman–Crippen LogP) is 0.782. The average Bonchev–Trinajstić information content (AvgIpc) is 2.90. The van der Waals surface area contributed by atoms with Crippen LogP contribution in [0.25, 0.3) is 0 Å². The van der Waals surface area contributed by atoms with E-state index in [-0.39, 0.29) is 5.69 Å². The Labute approximate surface area is 120 Å². The Morgan fingerprint density at radius 2 is 2.20 bits per heavy atom. The summed E-state index contributed by atoms with van der Waals surface area (Å²) in [6.07, 6.45) is 5.32. The molecule has 0 aliphatic rings. The molecule has 0 fully saturated rings. The summed E-state index contributed by atoms with van der Waals surface area (Å²) in [5.41, 5.74) is 2.29. The summed E-state index contributed by atoms with van der Waals surface area (Å²) in [6.45, 7) is 9.31. The summed E-state index contributed by atoms with van der Waals surface area (Å²) in [6, 6.07) is 0.502. The fraction of sp³-hybridized carbons (Fsp3) is 0.769. The van der Waals surface area contributed by atoms with Gasteiger partial charge in [0.1, 0.15) is 0 Å². The van der Waals surface area contributed by atoms with Crippen LogP contribution in [-0.2, 0) is 6.54 Å². The first kappa shape index (κ1) is 16.6. The number of amides is 1. The molecule has 114 valence electrons. The van der Waals surface area contributed by atoms with E-state index < -0.39 is 5.91 Å². The first-order valence-electron chi connectivity index (χ1n) is 7.23. The maximum absolute atomic E-state index is 11.3. The zero-order chi connectivity index (χ0) is 15.0. The van der Waals surface area contributed by atoms with Crippen LogP contribution in [-0.4, -0.2) is 44.9 Å². The van der Waals surface area contributed by atoms with Gasteiger partial charge in [0.05, 0.1) is 12.7 Å². The number of hydrogen-bond donors (Lipinski definition) is 2. The highest BCUT2D eigenvalue weighted by Gasteiger charge is 2.11. The van der Waals surface area contributed by atoms with Gasteiger partial charge in [-0.3, -0.25) is 19.8 Å². The van der Waals surface area contributed by atoms with Crippen LogP contribution in [0.1, 0.15) is 50.5 Å². The van der Waals surface area contributed by atoms with Crippen LogP contribution in [0.2, 0.25) is 0 Å². The number of aromatic nitrogens is 3. The van der Waals surface area contributed by atoms with Crippen molar-refractivity contribution in [1.82, 2.24) is 25.3 Å². The normalized spacial score (nSPS) is 11.3. The van der Waals surface area contributed by atoms with Gasteiger partial charge < -0.3 is 0 Å². The number of hydrogen-bond acceptors (Lipinski definition) is 5. The van der Waals surface area contributed by atoms with Gasteiger partial charge >= 0.3 is 0 Å². The molecule has 0 aromatic carbocycles. The molecule has 20 heavy (non-hydrogen) atoms. The maximum Gasteiger partial charge on any atom is 0.287 e. The second kappa shape index (κ2) is 8.65. The van der Waals surface area contributed by atoms with E-state index in [9.17, 15) is 4.79 Å². The van der Waals surface area contributed by atoms with E-state index in [1.165, 1.54) is 19.3 Å². The van der Waals surface area contributed by atoms with E-state index >= 15 is 0 Å². The van der Waals surface area contributed by atoms with Gasteiger partial charge in [0, 0.05) is 12.6 Å². The van der Waals surface area contributed by atoms with Crippen LogP contribution in [0.4, 0.5) is 0 Å². The molecule has 1 aromatic rings. The number of carbonyl (C=O) groups excluding carboxylic acids is 1. The number of unbranched alkanes of at least 4 members (excludes halogenated alkanes) is 2. The number of nitrogens with two attached hydrogens (primary N) is 1. The molecule has 7 heteroatoms. The van der Waals surface area contributed by atoms with Gasteiger partial charge in [-0.1, -0.05) is 25.0 Å². The standard InChI is InChI=1S/C13H26N6O/c1-4-5-6-7-18(11(2)3)8-9-19-10-12(16-17-19)13(20)15-14/h10-11H,4-9,14H2,1-3H3,(H,15,20). The summed E-state index contributed by atoms with van der Waals surface area (Å²) >= 11 is 0. The average molecular weight is 282 g/mol. The molecule has 0 bridgehead atoms. The smallest absolute Gasteiger partial charge is 0.287 e. The fourth-order valence-corrected chi connectivity index (χ4v) is 2.01. The first-order chi connectivity index (χ1) is 9.58.